The Morgan fingerprint density at radius 2 is 1.80 bits per heavy atom. The average molecular weight is 478 g/mol. The van der Waals surface area contributed by atoms with E-state index >= 15 is 0 Å². The Balaban J connectivity index is 1.67. The number of hydrogen-bond donors (Lipinski definition) is 1. The number of benzene rings is 2. The lowest BCUT2D eigenvalue weighted by Gasteiger charge is -2.32. The summed E-state index contributed by atoms with van der Waals surface area (Å²) in [6.07, 6.45) is 0.753. The molecular formula is C27H31N3O5. The Labute approximate surface area is 205 Å². The van der Waals surface area contributed by atoms with Crippen LogP contribution in [0.1, 0.15) is 55.1 Å². The number of amides is 2. The first kappa shape index (κ1) is 25.8. The van der Waals surface area contributed by atoms with E-state index in [1.807, 2.05) is 32.9 Å². The molecule has 3 rings (SSSR count). The zero-order chi connectivity index (χ0) is 25.6. The molecule has 8 nitrogen and oxygen atoms in total. The van der Waals surface area contributed by atoms with Crippen molar-refractivity contribution in [2.45, 2.75) is 45.8 Å². The molecule has 2 aromatic rings. The highest BCUT2D eigenvalue weighted by Crippen LogP contribution is 2.25. The molecular weight excluding hydrogens is 446 g/mol. The van der Waals surface area contributed by atoms with Crippen LogP contribution in [0.5, 0.6) is 0 Å². The van der Waals surface area contributed by atoms with Crippen LogP contribution in [-0.2, 0) is 20.8 Å². The number of piperidine rings is 1. The molecule has 2 amide bonds. The molecule has 2 aromatic carbocycles. The van der Waals surface area contributed by atoms with Crippen LogP contribution in [0.2, 0.25) is 0 Å². The number of nitriles is 1. The second-order valence-corrected chi connectivity index (χ2v) is 9.56. The molecule has 1 aliphatic heterocycles. The Morgan fingerprint density at radius 1 is 1.09 bits per heavy atom. The van der Waals surface area contributed by atoms with Gasteiger partial charge < -0.3 is 19.7 Å². The Bertz CT molecular complexity index is 1140. The van der Waals surface area contributed by atoms with E-state index < -0.39 is 11.6 Å². The third-order valence-electron chi connectivity index (χ3n) is 5.72. The SMILES string of the molecule is COC(=O)c1cc(CNC(=O)C2CCN(C(=O)OC(C)(C)C)CC2)cc(-c2cccc(C#N)c2)c1. The summed E-state index contributed by atoms with van der Waals surface area (Å²) in [5.74, 6) is -0.778. The fourth-order valence-corrected chi connectivity index (χ4v) is 3.95. The van der Waals surface area contributed by atoms with Crippen molar-refractivity contribution >= 4 is 18.0 Å². The van der Waals surface area contributed by atoms with Crippen molar-refractivity contribution in [2.24, 2.45) is 5.92 Å². The number of ether oxygens (including phenoxy) is 2. The first-order chi connectivity index (χ1) is 16.6. The van der Waals surface area contributed by atoms with Crippen molar-refractivity contribution in [1.82, 2.24) is 10.2 Å². The summed E-state index contributed by atoms with van der Waals surface area (Å²) in [5.41, 5.74) is 2.60. The normalized spacial score (nSPS) is 14.1. The summed E-state index contributed by atoms with van der Waals surface area (Å²) >= 11 is 0. The van der Waals surface area contributed by atoms with Gasteiger partial charge in [-0.15, -0.1) is 0 Å². The number of hydrogen-bond acceptors (Lipinski definition) is 6. The smallest absolute Gasteiger partial charge is 0.410 e. The number of nitrogens with one attached hydrogen (secondary N) is 1. The minimum atomic E-state index is -0.557. The quantitative estimate of drug-likeness (QED) is 0.644. The van der Waals surface area contributed by atoms with Crippen LogP contribution in [0, 0.1) is 17.2 Å². The third-order valence-corrected chi connectivity index (χ3v) is 5.72. The molecule has 0 spiro atoms. The van der Waals surface area contributed by atoms with Crippen molar-refractivity contribution in [2.75, 3.05) is 20.2 Å². The fraction of sp³-hybridized carbons (Fsp3) is 0.407. The molecule has 0 unspecified atom stereocenters. The number of esters is 1. The standard InChI is InChI=1S/C27H31N3O5/c1-27(2,3)35-26(33)30-10-8-20(9-11-30)24(31)29-17-19-13-22(15-23(14-19)25(32)34-4)21-7-5-6-18(12-21)16-28/h5-7,12-15,20H,8-11,17H2,1-4H3,(H,29,31). The van der Waals surface area contributed by atoms with Gasteiger partial charge in [0.25, 0.3) is 0 Å². The number of carbonyl (C=O) groups excluding carboxylic acids is 3. The van der Waals surface area contributed by atoms with Gasteiger partial charge in [0, 0.05) is 25.6 Å². The minimum absolute atomic E-state index is 0.0923. The number of rotatable bonds is 5. The van der Waals surface area contributed by atoms with Crippen molar-refractivity contribution in [3.05, 3.63) is 59.2 Å². The van der Waals surface area contributed by atoms with E-state index in [-0.39, 0.29) is 24.5 Å². The monoisotopic (exact) mass is 477 g/mol. The largest absolute Gasteiger partial charge is 0.465 e. The van der Waals surface area contributed by atoms with Crippen molar-refractivity contribution in [3.63, 3.8) is 0 Å². The predicted octanol–water partition coefficient (Wildman–Crippen LogP) is 4.28. The highest BCUT2D eigenvalue weighted by molar-refractivity contribution is 5.91. The van der Waals surface area contributed by atoms with Crippen LogP contribution in [0.25, 0.3) is 11.1 Å². The Hall–Kier alpha value is -3.86. The molecule has 184 valence electrons. The van der Waals surface area contributed by atoms with Gasteiger partial charge in [-0.3, -0.25) is 4.79 Å². The van der Waals surface area contributed by atoms with E-state index in [1.54, 1.807) is 35.2 Å². The molecule has 0 aromatic heterocycles. The summed E-state index contributed by atoms with van der Waals surface area (Å²) in [6.45, 7) is 6.64. The predicted molar refractivity (Wildman–Crippen MR) is 130 cm³/mol. The van der Waals surface area contributed by atoms with E-state index in [1.165, 1.54) is 7.11 Å². The second kappa shape index (κ2) is 11.0. The van der Waals surface area contributed by atoms with Gasteiger partial charge in [0.05, 0.1) is 24.3 Å². The first-order valence-corrected chi connectivity index (χ1v) is 11.6. The molecule has 1 fully saturated rings. The van der Waals surface area contributed by atoms with E-state index in [4.69, 9.17) is 9.47 Å². The molecule has 0 bridgehead atoms. The zero-order valence-corrected chi connectivity index (χ0v) is 20.6. The topological polar surface area (TPSA) is 109 Å². The average Bonchev–Trinajstić information content (AvgIpc) is 2.85. The molecule has 0 radical (unpaired) electrons. The molecule has 0 atom stereocenters. The van der Waals surface area contributed by atoms with E-state index in [9.17, 15) is 19.6 Å². The molecule has 0 saturated carbocycles. The molecule has 1 N–H and O–H groups in total. The van der Waals surface area contributed by atoms with Gasteiger partial charge in [-0.05, 0) is 80.6 Å². The van der Waals surface area contributed by atoms with Crippen LogP contribution in [0.3, 0.4) is 0 Å². The number of nitrogens with zero attached hydrogens (tertiary/aromatic N) is 2. The lowest BCUT2D eigenvalue weighted by Crippen LogP contribution is -2.44. The van der Waals surface area contributed by atoms with Gasteiger partial charge in [-0.25, -0.2) is 9.59 Å². The van der Waals surface area contributed by atoms with Crippen LogP contribution in [-0.4, -0.2) is 48.7 Å². The summed E-state index contributed by atoms with van der Waals surface area (Å²) in [7, 11) is 1.32. The number of methoxy groups -OCH3 is 1. The van der Waals surface area contributed by atoms with Crippen LogP contribution < -0.4 is 5.32 Å². The summed E-state index contributed by atoms with van der Waals surface area (Å²) in [4.78, 5) is 38.9. The fourth-order valence-electron chi connectivity index (χ4n) is 3.95. The molecule has 1 aliphatic rings. The van der Waals surface area contributed by atoms with E-state index in [2.05, 4.69) is 11.4 Å². The maximum atomic E-state index is 12.8. The highest BCUT2D eigenvalue weighted by atomic mass is 16.6. The van der Waals surface area contributed by atoms with Crippen molar-refractivity contribution < 1.29 is 23.9 Å². The summed E-state index contributed by atoms with van der Waals surface area (Å²) in [6, 6.07) is 14.5. The Kier molecular flexibility index (Phi) is 8.13. The molecule has 1 heterocycles. The van der Waals surface area contributed by atoms with Crippen LogP contribution in [0.15, 0.2) is 42.5 Å². The summed E-state index contributed by atoms with van der Waals surface area (Å²) in [5, 5.41) is 12.2. The van der Waals surface area contributed by atoms with Gasteiger partial charge in [0.2, 0.25) is 5.91 Å². The highest BCUT2D eigenvalue weighted by Gasteiger charge is 2.29. The zero-order valence-electron chi connectivity index (χ0n) is 20.6. The first-order valence-electron chi connectivity index (χ1n) is 11.6. The van der Waals surface area contributed by atoms with Crippen molar-refractivity contribution in [1.29, 1.82) is 5.26 Å². The third kappa shape index (κ3) is 7.06. The molecule has 8 heteroatoms. The summed E-state index contributed by atoms with van der Waals surface area (Å²) < 4.78 is 10.3. The molecule has 0 aliphatic carbocycles. The second-order valence-electron chi connectivity index (χ2n) is 9.56. The molecule has 1 saturated heterocycles. The molecule has 35 heavy (non-hydrogen) atoms. The van der Waals surface area contributed by atoms with Gasteiger partial charge in [0.15, 0.2) is 0 Å². The maximum absolute atomic E-state index is 12.8. The van der Waals surface area contributed by atoms with Crippen LogP contribution >= 0.6 is 0 Å². The maximum Gasteiger partial charge on any atom is 0.410 e. The number of likely N-dealkylation sites (tertiary alicyclic amines) is 1. The van der Waals surface area contributed by atoms with Gasteiger partial charge in [-0.1, -0.05) is 12.1 Å². The van der Waals surface area contributed by atoms with Crippen LogP contribution in [0.4, 0.5) is 4.79 Å². The van der Waals surface area contributed by atoms with Crippen molar-refractivity contribution in [3.8, 4) is 17.2 Å². The van der Waals surface area contributed by atoms with Gasteiger partial charge >= 0.3 is 12.1 Å². The number of carbonyl (C=O) groups is 3. The van der Waals surface area contributed by atoms with Gasteiger partial charge in [-0.2, -0.15) is 5.26 Å². The van der Waals surface area contributed by atoms with E-state index in [0.717, 1.165) is 16.7 Å². The van der Waals surface area contributed by atoms with E-state index in [0.29, 0.717) is 37.1 Å². The lowest BCUT2D eigenvalue weighted by atomic mass is 9.95. The minimum Gasteiger partial charge on any atom is -0.465 e. The Morgan fingerprint density at radius 3 is 2.43 bits per heavy atom. The lowest BCUT2D eigenvalue weighted by molar-refractivity contribution is -0.126. The van der Waals surface area contributed by atoms with Gasteiger partial charge in [0.1, 0.15) is 5.60 Å².